The van der Waals surface area contributed by atoms with Crippen molar-refractivity contribution in [3.05, 3.63) is 98.8 Å². The van der Waals surface area contributed by atoms with Crippen molar-refractivity contribution in [3.63, 3.8) is 0 Å². The van der Waals surface area contributed by atoms with Gasteiger partial charge in [0.15, 0.2) is 5.16 Å². The van der Waals surface area contributed by atoms with E-state index < -0.39 is 0 Å². The number of hydrogen-bond acceptors (Lipinski definition) is 4. The summed E-state index contributed by atoms with van der Waals surface area (Å²) in [5, 5.41) is 4.67. The van der Waals surface area contributed by atoms with E-state index in [0.717, 1.165) is 28.8 Å². The van der Waals surface area contributed by atoms with Gasteiger partial charge in [-0.3, -0.25) is 14.2 Å². The molecule has 0 atom stereocenters. The fraction of sp³-hybridized carbons (Fsp3) is 0.192. The Bertz CT molecular complexity index is 1370. The maximum atomic E-state index is 13.3. The molecule has 0 bridgehead atoms. The monoisotopic (exact) mass is 477 g/mol. The van der Waals surface area contributed by atoms with Crippen molar-refractivity contribution < 1.29 is 4.79 Å². The first kappa shape index (κ1) is 23.1. The quantitative estimate of drug-likeness (QED) is 0.297. The highest BCUT2D eigenvalue weighted by molar-refractivity contribution is 7.99. The summed E-state index contributed by atoms with van der Waals surface area (Å²) in [5.74, 6) is 0.0546. The van der Waals surface area contributed by atoms with Crippen LogP contribution in [0, 0.1) is 13.8 Å². The fourth-order valence-corrected chi connectivity index (χ4v) is 4.45. The zero-order chi connectivity index (χ0) is 23.4. The number of carbonyl (C=O) groups is 1. The third-order valence-electron chi connectivity index (χ3n) is 5.48. The molecular formula is C26H24ClN3O2S. The lowest BCUT2D eigenvalue weighted by Crippen LogP contribution is -2.28. The van der Waals surface area contributed by atoms with Crippen molar-refractivity contribution >= 4 is 40.2 Å². The van der Waals surface area contributed by atoms with E-state index in [1.54, 1.807) is 10.6 Å². The average molecular weight is 478 g/mol. The number of halogens is 1. The number of benzene rings is 3. The third kappa shape index (κ3) is 5.46. The molecule has 0 aliphatic carbocycles. The lowest BCUT2D eigenvalue weighted by atomic mass is 10.1. The van der Waals surface area contributed by atoms with Crippen molar-refractivity contribution in [1.29, 1.82) is 0 Å². The number of carbonyl (C=O) groups excluding carboxylic acids is 1. The molecule has 5 nitrogen and oxygen atoms in total. The molecule has 0 radical (unpaired) electrons. The molecule has 1 aromatic heterocycles. The smallest absolute Gasteiger partial charge is 0.266 e. The molecule has 4 aromatic rings. The minimum atomic E-state index is -0.144. The van der Waals surface area contributed by atoms with Gasteiger partial charge in [0.2, 0.25) is 5.91 Å². The van der Waals surface area contributed by atoms with Gasteiger partial charge in [0, 0.05) is 11.6 Å². The van der Waals surface area contributed by atoms with Crippen molar-refractivity contribution in [2.75, 3.05) is 12.3 Å². The molecule has 0 aliphatic rings. The summed E-state index contributed by atoms with van der Waals surface area (Å²) in [6.07, 6.45) is 0.717. The number of rotatable bonds is 7. The number of aryl methyl sites for hydroxylation is 2. The van der Waals surface area contributed by atoms with Crippen LogP contribution in [0.15, 0.2) is 76.7 Å². The number of fused-ring (bicyclic) bond motifs is 1. The van der Waals surface area contributed by atoms with Crippen LogP contribution in [0.3, 0.4) is 0 Å². The summed E-state index contributed by atoms with van der Waals surface area (Å²) in [5.41, 5.74) is 4.56. The predicted molar refractivity (Wildman–Crippen MR) is 136 cm³/mol. The van der Waals surface area contributed by atoms with E-state index in [1.165, 1.54) is 11.8 Å². The van der Waals surface area contributed by atoms with Crippen molar-refractivity contribution in [1.82, 2.24) is 14.9 Å². The highest BCUT2D eigenvalue weighted by Crippen LogP contribution is 2.22. The minimum absolute atomic E-state index is 0.108. The highest BCUT2D eigenvalue weighted by Gasteiger charge is 2.15. The van der Waals surface area contributed by atoms with Crippen molar-refractivity contribution in [3.8, 4) is 5.69 Å². The molecule has 0 saturated carbocycles. The molecule has 1 heterocycles. The maximum Gasteiger partial charge on any atom is 0.266 e. The zero-order valence-corrected chi connectivity index (χ0v) is 20.0. The Balaban J connectivity index is 1.53. The first-order valence-corrected chi connectivity index (χ1v) is 12.0. The van der Waals surface area contributed by atoms with E-state index in [-0.39, 0.29) is 17.2 Å². The van der Waals surface area contributed by atoms with Gasteiger partial charge < -0.3 is 5.32 Å². The van der Waals surface area contributed by atoms with E-state index in [9.17, 15) is 9.59 Å². The largest absolute Gasteiger partial charge is 0.355 e. The standard InChI is InChI=1S/C26H24ClN3O2S/c1-17-7-12-21(15-18(17)2)30-25(32)22-5-3-4-6-23(22)29-26(30)33-16-24(31)28-14-13-19-8-10-20(27)11-9-19/h3-12,15H,13-14,16H2,1-2H3,(H,28,31). The molecule has 168 valence electrons. The summed E-state index contributed by atoms with van der Waals surface area (Å²) in [7, 11) is 0. The van der Waals surface area contributed by atoms with Gasteiger partial charge in [-0.25, -0.2) is 4.98 Å². The lowest BCUT2D eigenvalue weighted by Gasteiger charge is -2.14. The van der Waals surface area contributed by atoms with E-state index in [0.29, 0.717) is 27.6 Å². The van der Waals surface area contributed by atoms with Crippen molar-refractivity contribution in [2.45, 2.75) is 25.4 Å². The van der Waals surface area contributed by atoms with Crippen LogP contribution >= 0.6 is 23.4 Å². The van der Waals surface area contributed by atoms with Crippen LogP contribution in [-0.2, 0) is 11.2 Å². The van der Waals surface area contributed by atoms with Crippen LogP contribution < -0.4 is 10.9 Å². The molecule has 0 unspecified atom stereocenters. The van der Waals surface area contributed by atoms with Crippen LogP contribution in [0.5, 0.6) is 0 Å². The van der Waals surface area contributed by atoms with Crippen molar-refractivity contribution in [2.24, 2.45) is 0 Å². The number of hydrogen-bond donors (Lipinski definition) is 1. The number of nitrogens with zero attached hydrogens (tertiary/aromatic N) is 2. The van der Waals surface area contributed by atoms with Gasteiger partial charge in [0.05, 0.1) is 22.3 Å². The summed E-state index contributed by atoms with van der Waals surface area (Å²) >= 11 is 7.17. The van der Waals surface area contributed by atoms with Gasteiger partial charge in [-0.1, -0.05) is 53.7 Å². The molecule has 1 amide bonds. The number of aromatic nitrogens is 2. The second kappa shape index (κ2) is 10.2. The predicted octanol–water partition coefficient (Wildman–Crippen LogP) is 5.11. The van der Waals surface area contributed by atoms with Crippen LogP contribution in [-0.4, -0.2) is 27.8 Å². The third-order valence-corrected chi connectivity index (χ3v) is 6.67. The van der Waals surface area contributed by atoms with Crippen LogP contribution in [0.25, 0.3) is 16.6 Å². The summed E-state index contributed by atoms with van der Waals surface area (Å²) in [4.78, 5) is 30.5. The molecule has 0 saturated heterocycles. The van der Waals surface area contributed by atoms with Gasteiger partial charge >= 0.3 is 0 Å². The molecule has 0 aliphatic heterocycles. The summed E-state index contributed by atoms with van der Waals surface area (Å²) < 4.78 is 1.60. The number of para-hydroxylation sites is 1. The van der Waals surface area contributed by atoms with Crippen LogP contribution in [0.1, 0.15) is 16.7 Å². The molecule has 0 spiro atoms. The fourth-order valence-electron chi connectivity index (χ4n) is 3.48. The van der Waals surface area contributed by atoms with E-state index in [4.69, 9.17) is 16.6 Å². The summed E-state index contributed by atoms with van der Waals surface area (Å²) in [6.45, 7) is 4.57. The van der Waals surface area contributed by atoms with E-state index in [1.807, 2.05) is 74.5 Å². The van der Waals surface area contributed by atoms with E-state index >= 15 is 0 Å². The Morgan fingerprint density at radius 1 is 1.03 bits per heavy atom. The van der Waals surface area contributed by atoms with Crippen LogP contribution in [0.4, 0.5) is 0 Å². The number of thioether (sulfide) groups is 1. The van der Waals surface area contributed by atoms with Gasteiger partial charge in [0.1, 0.15) is 0 Å². The first-order valence-electron chi connectivity index (χ1n) is 10.7. The maximum absolute atomic E-state index is 13.3. The Morgan fingerprint density at radius 2 is 1.79 bits per heavy atom. The van der Waals surface area contributed by atoms with Gasteiger partial charge in [-0.05, 0) is 73.4 Å². The molecule has 0 fully saturated rings. The molecule has 4 rings (SSSR count). The number of amides is 1. The second-order valence-electron chi connectivity index (χ2n) is 7.84. The number of nitrogens with one attached hydrogen (secondary N) is 1. The van der Waals surface area contributed by atoms with Crippen LogP contribution in [0.2, 0.25) is 5.02 Å². The minimum Gasteiger partial charge on any atom is -0.355 e. The molecular weight excluding hydrogens is 454 g/mol. The Labute approximate surface area is 201 Å². The first-order chi connectivity index (χ1) is 15.9. The Morgan fingerprint density at radius 3 is 2.55 bits per heavy atom. The SMILES string of the molecule is Cc1ccc(-n2c(SCC(=O)NCCc3ccc(Cl)cc3)nc3ccccc3c2=O)cc1C. The summed E-state index contributed by atoms with van der Waals surface area (Å²) in [6, 6.07) is 20.7. The average Bonchev–Trinajstić information content (AvgIpc) is 2.81. The second-order valence-corrected chi connectivity index (χ2v) is 9.21. The molecule has 3 aromatic carbocycles. The van der Waals surface area contributed by atoms with E-state index in [2.05, 4.69) is 5.32 Å². The Kier molecular flexibility index (Phi) is 7.16. The normalized spacial score (nSPS) is 11.0. The van der Waals surface area contributed by atoms with Gasteiger partial charge in [0.25, 0.3) is 5.56 Å². The zero-order valence-electron chi connectivity index (χ0n) is 18.5. The lowest BCUT2D eigenvalue weighted by molar-refractivity contribution is -0.118. The van der Waals surface area contributed by atoms with Gasteiger partial charge in [-0.2, -0.15) is 0 Å². The Hall–Kier alpha value is -3.09. The molecule has 7 heteroatoms. The highest BCUT2D eigenvalue weighted by atomic mass is 35.5. The molecule has 33 heavy (non-hydrogen) atoms. The topological polar surface area (TPSA) is 64.0 Å². The van der Waals surface area contributed by atoms with Gasteiger partial charge in [-0.15, -0.1) is 0 Å². The molecule has 1 N–H and O–H groups in total.